The number of aryl methyl sites for hydroxylation is 1. The van der Waals surface area contributed by atoms with E-state index in [0.29, 0.717) is 0 Å². The van der Waals surface area contributed by atoms with Gasteiger partial charge < -0.3 is 20.1 Å². The highest BCUT2D eigenvalue weighted by Gasteiger charge is 2.22. The summed E-state index contributed by atoms with van der Waals surface area (Å²) < 4.78 is 11.0. The summed E-state index contributed by atoms with van der Waals surface area (Å²) in [4.78, 5) is 7.40. The molecular weight excluding hydrogens is 352 g/mol. The SMILES string of the molecule is CCNC(=NCC(c1cccc(C)c1)N1CCOCC1)NCCCCOCC. The lowest BCUT2D eigenvalue weighted by atomic mass is 10.0. The van der Waals surface area contributed by atoms with E-state index in [-0.39, 0.29) is 6.04 Å². The molecule has 1 aromatic carbocycles. The molecule has 1 unspecified atom stereocenters. The number of morpholine rings is 1. The minimum atomic E-state index is 0.275. The van der Waals surface area contributed by atoms with E-state index in [0.717, 1.165) is 78.0 Å². The van der Waals surface area contributed by atoms with Crippen LogP contribution in [0.4, 0.5) is 0 Å². The molecule has 1 atom stereocenters. The first-order valence-electron chi connectivity index (χ1n) is 10.7. The lowest BCUT2D eigenvalue weighted by molar-refractivity contribution is 0.0179. The highest BCUT2D eigenvalue weighted by atomic mass is 16.5. The molecule has 6 nitrogen and oxygen atoms in total. The van der Waals surface area contributed by atoms with Crippen molar-refractivity contribution in [3.05, 3.63) is 35.4 Å². The number of hydrogen-bond acceptors (Lipinski definition) is 4. The summed E-state index contributed by atoms with van der Waals surface area (Å²) in [6, 6.07) is 9.07. The molecule has 1 aliphatic rings. The molecular formula is C22H38N4O2. The minimum absolute atomic E-state index is 0.275. The Morgan fingerprint density at radius 3 is 2.75 bits per heavy atom. The molecule has 0 aromatic heterocycles. The summed E-state index contributed by atoms with van der Waals surface area (Å²) in [5.74, 6) is 0.893. The van der Waals surface area contributed by atoms with Crippen molar-refractivity contribution in [3.63, 3.8) is 0 Å². The Hall–Kier alpha value is -1.63. The first-order valence-corrected chi connectivity index (χ1v) is 10.7. The number of hydrogen-bond donors (Lipinski definition) is 2. The molecule has 2 N–H and O–H groups in total. The molecule has 0 bridgehead atoms. The summed E-state index contributed by atoms with van der Waals surface area (Å²) in [6.07, 6.45) is 2.15. The number of guanidine groups is 1. The van der Waals surface area contributed by atoms with Crippen molar-refractivity contribution in [2.75, 3.05) is 59.2 Å². The van der Waals surface area contributed by atoms with Gasteiger partial charge in [-0.15, -0.1) is 0 Å². The quantitative estimate of drug-likeness (QED) is 0.346. The van der Waals surface area contributed by atoms with Gasteiger partial charge in [-0.25, -0.2) is 0 Å². The molecule has 1 heterocycles. The molecule has 0 radical (unpaired) electrons. The molecule has 6 heteroatoms. The van der Waals surface area contributed by atoms with Crippen molar-refractivity contribution < 1.29 is 9.47 Å². The second-order valence-electron chi connectivity index (χ2n) is 7.13. The third kappa shape index (κ3) is 8.17. The zero-order chi connectivity index (χ0) is 20.0. The van der Waals surface area contributed by atoms with Crippen LogP contribution in [-0.2, 0) is 9.47 Å². The van der Waals surface area contributed by atoms with E-state index in [2.05, 4.69) is 53.6 Å². The molecule has 1 aromatic rings. The predicted molar refractivity (Wildman–Crippen MR) is 116 cm³/mol. The summed E-state index contributed by atoms with van der Waals surface area (Å²) in [6.45, 7) is 13.9. The van der Waals surface area contributed by atoms with Crippen LogP contribution in [0.15, 0.2) is 29.3 Å². The number of ether oxygens (including phenoxy) is 2. The van der Waals surface area contributed by atoms with Gasteiger partial charge in [-0.3, -0.25) is 9.89 Å². The highest BCUT2D eigenvalue weighted by Crippen LogP contribution is 2.23. The van der Waals surface area contributed by atoms with Crippen LogP contribution in [0, 0.1) is 6.92 Å². The maximum Gasteiger partial charge on any atom is 0.191 e. The standard InChI is InChI=1S/C22H38N4O2/c1-4-23-22(24-11-6-7-14-27-5-2)25-18-21(26-12-15-28-16-13-26)20-10-8-9-19(3)17-20/h8-10,17,21H,4-7,11-16,18H2,1-3H3,(H2,23,24,25). The maximum atomic E-state index is 5.55. The second kappa shape index (κ2) is 13.5. The van der Waals surface area contributed by atoms with Crippen LogP contribution in [0.5, 0.6) is 0 Å². The predicted octanol–water partition coefficient (Wildman–Crippen LogP) is 2.74. The average molecular weight is 391 g/mol. The van der Waals surface area contributed by atoms with Gasteiger partial charge >= 0.3 is 0 Å². The number of unbranched alkanes of at least 4 members (excludes halogenated alkanes) is 1. The molecule has 0 amide bonds. The van der Waals surface area contributed by atoms with Crippen LogP contribution in [0.1, 0.15) is 43.9 Å². The number of rotatable bonds is 11. The highest BCUT2D eigenvalue weighted by molar-refractivity contribution is 5.79. The average Bonchev–Trinajstić information content (AvgIpc) is 2.71. The molecule has 1 saturated heterocycles. The Bertz CT molecular complexity index is 573. The second-order valence-corrected chi connectivity index (χ2v) is 7.13. The summed E-state index contributed by atoms with van der Waals surface area (Å²) in [5, 5.41) is 6.83. The number of aliphatic imine (C=N–C) groups is 1. The molecule has 28 heavy (non-hydrogen) atoms. The van der Waals surface area contributed by atoms with Crippen LogP contribution in [0.3, 0.4) is 0 Å². The minimum Gasteiger partial charge on any atom is -0.382 e. The Kier molecular flexibility index (Phi) is 10.9. The monoisotopic (exact) mass is 390 g/mol. The van der Waals surface area contributed by atoms with Crippen molar-refractivity contribution in [1.82, 2.24) is 15.5 Å². The van der Waals surface area contributed by atoms with E-state index < -0.39 is 0 Å². The van der Waals surface area contributed by atoms with Gasteiger partial charge in [0.05, 0.1) is 25.8 Å². The van der Waals surface area contributed by atoms with Crippen LogP contribution in [0.25, 0.3) is 0 Å². The van der Waals surface area contributed by atoms with Crippen LogP contribution < -0.4 is 10.6 Å². The normalized spacial score (nSPS) is 16.8. The largest absolute Gasteiger partial charge is 0.382 e. The van der Waals surface area contributed by atoms with E-state index in [1.807, 2.05) is 6.92 Å². The Labute approximate surface area is 170 Å². The smallest absolute Gasteiger partial charge is 0.191 e. The molecule has 158 valence electrons. The summed E-state index contributed by atoms with van der Waals surface area (Å²) in [7, 11) is 0. The Morgan fingerprint density at radius 1 is 1.21 bits per heavy atom. The van der Waals surface area contributed by atoms with Crippen LogP contribution in [-0.4, -0.2) is 70.0 Å². The first kappa shape index (κ1) is 22.7. The molecule has 1 aliphatic heterocycles. The molecule has 0 aliphatic carbocycles. The zero-order valence-corrected chi connectivity index (χ0v) is 17.9. The van der Waals surface area contributed by atoms with Gasteiger partial charge in [0.25, 0.3) is 0 Å². The zero-order valence-electron chi connectivity index (χ0n) is 17.9. The lowest BCUT2D eigenvalue weighted by Gasteiger charge is -2.34. The fourth-order valence-corrected chi connectivity index (χ4v) is 3.40. The van der Waals surface area contributed by atoms with Crippen molar-refractivity contribution >= 4 is 5.96 Å². The van der Waals surface area contributed by atoms with E-state index in [1.54, 1.807) is 0 Å². The molecule has 1 fully saturated rings. The topological polar surface area (TPSA) is 58.1 Å². The number of nitrogens with zero attached hydrogens (tertiary/aromatic N) is 2. The fraction of sp³-hybridized carbons (Fsp3) is 0.682. The van der Waals surface area contributed by atoms with Gasteiger partial charge in [-0.2, -0.15) is 0 Å². The van der Waals surface area contributed by atoms with Gasteiger partial charge in [0.2, 0.25) is 0 Å². The lowest BCUT2D eigenvalue weighted by Crippen LogP contribution is -2.42. The van der Waals surface area contributed by atoms with Gasteiger partial charge in [-0.05, 0) is 39.2 Å². The first-order chi connectivity index (χ1) is 13.7. The fourth-order valence-electron chi connectivity index (χ4n) is 3.40. The van der Waals surface area contributed by atoms with Gasteiger partial charge in [0.1, 0.15) is 0 Å². The van der Waals surface area contributed by atoms with Gasteiger partial charge in [0.15, 0.2) is 5.96 Å². The summed E-state index contributed by atoms with van der Waals surface area (Å²) in [5.41, 5.74) is 2.62. The van der Waals surface area contributed by atoms with Gasteiger partial charge in [-0.1, -0.05) is 29.8 Å². The van der Waals surface area contributed by atoms with E-state index in [4.69, 9.17) is 14.5 Å². The molecule has 0 spiro atoms. The molecule has 2 rings (SSSR count). The van der Waals surface area contributed by atoms with E-state index in [9.17, 15) is 0 Å². The maximum absolute atomic E-state index is 5.55. The summed E-state index contributed by atoms with van der Waals surface area (Å²) >= 11 is 0. The van der Waals surface area contributed by atoms with Crippen molar-refractivity contribution in [3.8, 4) is 0 Å². The Balaban J connectivity index is 1.98. The Morgan fingerprint density at radius 2 is 2.04 bits per heavy atom. The van der Waals surface area contributed by atoms with E-state index >= 15 is 0 Å². The van der Waals surface area contributed by atoms with Crippen LogP contribution in [0.2, 0.25) is 0 Å². The third-order valence-electron chi connectivity index (χ3n) is 4.89. The molecule has 0 saturated carbocycles. The third-order valence-corrected chi connectivity index (χ3v) is 4.89. The van der Waals surface area contributed by atoms with Gasteiger partial charge in [0, 0.05) is 39.4 Å². The van der Waals surface area contributed by atoms with E-state index in [1.165, 1.54) is 11.1 Å². The number of nitrogens with one attached hydrogen (secondary N) is 2. The number of benzene rings is 1. The van der Waals surface area contributed by atoms with Crippen LogP contribution >= 0.6 is 0 Å². The van der Waals surface area contributed by atoms with Crippen molar-refractivity contribution in [2.45, 2.75) is 39.7 Å². The van der Waals surface area contributed by atoms with Crippen molar-refractivity contribution in [1.29, 1.82) is 0 Å². The van der Waals surface area contributed by atoms with Crippen molar-refractivity contribution in [2.24, 2.45) is 4.99 Å².